The van der Waals surface area contributed by atoms with E-state index in [1.165, 1.54) is 5.56 Å². The maximum atomic E-state index is 6.12. The molecule has 4 aromatic rings. The van der Waals surface area contributed by atoms with Gasteiger partial charge in [0.1, 0.15) is 5.75 Å². The lowest BCUT2D eigenvalue weighted by molar-refractivity contribution is 0.439. The molecule has 2 aromatic carbocycles. The fourth-order valence-corrected chi connectivity index (χ4v) is 3.93. The van der Waals surface area contributed by atoms with Gasteiger partial charge in [0, 0.05) is 55.5 Å². The zero-order valence-corrected chi connectivity index (χ0v) is 18.1. The SMILES string of the molecule is Cc1cnc(N2CCNC(Cc3ccccc3)C2)nc1Oc1ccc(-n2ccnc2)cc1. The summed E-state index contributed by atoms with van der Waals surface area (Å²) in [6.07, 6.45) is 8.27. The maximum Gasteiger partial charge on any atom is 0.228 e. The molecule has 1 aliphatic rings. The van der Waals surface area contributed by atoms with Crippen molar-refractivity contribution in [2.24, 2.45) is 0 Å². The Labute approximate surface area is 187 Å². The Balaban J connectivity index is 1.29. The number of anilines is 1. The number of ether oxygens (including phenoxy) is 1. The Morgan fingerprint density at radius 3 is 2.72 bits per heavy atom. The molecule has 32 heavy (non-hydrogen) atoms. The minimum atomic E-state index is 0.358. The minimum absolute atomic E-state index is 0.358. The fourth-order valence-electron chi connectivity index (χ4n) is 3.93. The summed E-state index contributed by atoms with van der Waals surface area (Å²) in [6, 6.07) is 18.8. The molecule has 1 fully saturated rings. The lowest BCUT2D eigenvalue weighted by atomic mass is 10.0. The van der Waals surface area contributed by atoms with Gasteiger partial charge in [0.2, 0.25) is 11.8 Å². The van der Waals surface area contributed by atoms with Gasteiger partial charge in [0.25, 0.3) is 0 Å². The topological polar surface area (TPSA) is 68.1 Å². The normalized spacial score (nSPS) is 16.2. The Hall–Kier alpha value is -3.71. The van der Waals surface area contributed by atoms with Crippen molar-refractivity contribution in [3.63, 3.8) is 0 Å². The predicted octanol–water partition coefficient (Wildman–Crippen LogP) is 3.78. The molecular weight excluding hydrogens is 400 g/mol. The predicted molar refractivity (Wildman–Crippen MR) is 125 cm³/mol. The van der Waals surface area contributed by atoms with Crippen LogP contribution in [0.25, 0.3) is 5.69 Å². The third-order valence-electron chi connectivity index (χ3n) is 5.63. The van der Waals surface area contributed by atoms with Gasteiger partial charge < -0.3 is 19.5 Å². The van der Waals surface area contributed by atoms with Gasteiger partial charge in [-0.15, -0.1) is 0 Å². The van der Waals surface area contributed by atoms with Crippen molar-refractivity contribution in [1.82, 2.24) is 24.8 Å². The lowest BCUT2D eigenvalue weighted by Crippen LogP contribution is -2.52. The van der Waals surface area contributed by atoms with Crippen molar-refractivity contribution in [3.05, 3.63) is 90.6 Å². The first-order chi connectivity index (χ1) is 15.7. The van der Waals surface area contributed by atoms with Crippen molar-refractivity contribution in [2.75, 3.05) is 24.5 Å². The summed E-state index contributed by atoms with van der Waals surface area (Å²) in [5.41, 5.74) is 3.27. The molecule has 7 nitrogen and oxygen atoms in total. The second-order valence-electron chi connectivity index (χ2n) is 8.01. The van der Waals surface area contributed by atoms with Gasteiger partial charge in [0.05, 0.1) is 6.33 Å². The van der Waals surface area contributed by atoms with Gasteiger partial charge in [-0.05, 0) is 43.2 Å². The zero-order chi connectivity index (χ0) is 21.8. The quantitative estimate of drug-likeness (QED) is 0.506. The largest absolute Gasteiger partial charge is 0.439 e. The smallest absolute Gasteiger partial charge is 0.228 e. The second-order valence-corrected chi connectivity index (χ2v) is 8.01. The molecule has 1 unspecified atom stereocenters. The van der Waals surface area contributed by atoms with Crippen LogP contribution >= 0.6 is 0 Å². The number of benzene rings is 2. The molecule has 1 N–H and O–H groups in total. The van der Waals surface area contributed by atoms with Crippen molar-refractivity contribution >= 4 is 5.95 Å². The average molecular weight is 427 g/mol. The van der Waals surface area contributed by atoms with Gasteiger partial charge in [-0.1, -0.05) is 30.3 Å². The van der Waals surface area contributed by atoms with Crippen LogP contribution in [0.1, 0.15) is 11.1 Å². The van der Waals surface area contributed by atoms with Gasteiger partial charge in [-0.3, -0.25) is 0 Å². The Bertz CT molecular complexity index is 1150. The van der Waals surface area contributed by atoms with E-state index in [0.29, 0.717) is 17.9 Å². The van der Waals surface area contributed by atoms with Gasteiger partial charge in [-0.2, -0.15) is 4.98 Å². The molecule has 0 amide bonds. The summed E-state index contributed by atoms with van der Waals surface area (Å²) in [7, 11) is 0. The molecule has 0 saturated carbocycles. The van der Waals surface area contributed by atoms with Crippen LogP contribution in [0.2, 0.25) is 0 Å². The van der Waals surface area contributed by atoms with Gasteiger partial charge in [0.15, 0.2) is 0 Å². The first-order valence-electron chi connectivity index (χ1n) is 10.9. The molecule has 1 aliphatic heterocycles. The number of hydrogen-bond acceptors (Lipinski definition) is 6. The third kappa shape index (κ3) is 4.63. The van der Waals surface area contributed by atoms with Crippen LogP contribution < -0.4 is 15.0 Å². The standard InChI is InChI=1S/C25H26N6O/c1-19-16-28-25(30-14-12-27-21(17-30)15-20-5-3-2-4-6-20)29-24(19)32-23-9-7-22(8-10-23)31-13-11-26-18-31/h2-11,13,16,18,21,27H,12,14-15,17H2,1H3. The van der Waals surface area contributed by atoms with E-state index in [4.69, 9.17) is 9.72 Å². The molecule has 1 atom stereocenters. The lowest BCUT2D eigenvalue weighted by Gasteiger charge is -2.34. The molecule has 1 saturated heterocycles. The highest BCUT2D eigenvalue weighted by Gasteiger charge is 2.22. The second kappa shape index (κ2) is 9.20. The molecule has 0 spiro atoms. The maximum absolute atomic E-state index is 6.12. The molecular formula is C25H26N6O. The van der Waals surface area contributed by atoms with Crippen molar-refractivity contribution in [2.45, 2.75) is 19.4 Å². The highest BCUT2D eigenvalue weighted by Crippen LogP contribution is 2.26. The third-order valence-corrected chi connectivity index (χ3v) is 5.63. The minimum Gasteiger partial charge on any atom is -0.439 e. The molecule has 7 heteroatoms. The number of aromatic nitrogens is 4. The van der Waals surface area contributed by atoms with E-state index in [1.54, 1.807) is 12.5 Å². The van der Waals surface area contributed by atoms with E-state index in [-0.39, 0.29) is 0 Å². The molecule has 0 aliphatic carbocycles. The molecule has 5 rings (SSSR count). The number of piperazine rings is 1. The summed E-state index contributed by atoms with van der Waals surface area (Å²) in [5, 5.41) is 3.62. The number of rotatable bonds is 6. The van der Waals surface area contributed by atoms with Crippen LogP contribution in [0.5, 0.6) is 11.6 Å². The first kappa shape index (κ1) is 20.2. The fraction of sp³-hybridized carbons (Fsp3) is 0.240. The van der Waals surface area contributed by atoms with Crippen molar-refractivity contribution in [3.8, 4) is 17.3 Å². The number of nitrogens with zero attached hydrogens (tertiary/aromatic N) is 5. The van der Waals surface area contributed by atoms with Crippen LogP contribution in [0.15, 0.2) is 79.5 Å². The Morgan fingerprint density at radius 2 is 1.94 bits per heavy atom. The molecule has 0 bridgehead atoms. The van der Waals surface area contributed by atoms with Gasteiger partial charge >= 0.3 is 0 Å². The van der Waals surface area contributed by atoms with E-state index < -0.39 is 0 Å². The van der Waals surface area contributed by atoms with Crippen LogP contribution in [-0.2, 0) is 6.42 Å². The van der Waals surface area contributed by atoms with E-state index in [1.807, 2.05) is 48.1 Å². The average Bonchev–Trinajstić information content (AvgIpc) is 3.37. The summed E-state index contributed by atoms with van der Waals surface area (Å²) in [6.45, 7) is 4.60. The Morgan fingerprint density at radius 1 is 1.09 bits per heavy atom. The molecule has 2 aromatic heterocycles. The highest BCUT2D eigenvalue weighted by molar-refractivity contribution is 5.41. The van der Waals surface area contributed by atoms with E-state index in [2.05, 4.69) is 50.5 Å². The summed E-state index contributed by atoms with van der Waals surface area (Å²) in [4.78, 5) is 15.7. The van der Waals surface area contributed by atoms with E-state index >= 15 is 0 Å². The number of nitrogens with one attached hydrogen (secondary N) is 1. The van der Waals surface area contributed by atoms with Crippen LogP contribution in [0.3, 0.4) is 0 Å². The first-order valence-corrected chi connectivity index (χ1v) is 10.9. The van der Waals surface area contributed by atoms with Crippen molar-refractivity contribution < 1.29 is 4.74 Å². The molecule has 0 radical (unpaired) electrons. The molecule has 3 heterocycles. The molecule has 162 valence electrons. The summed E-state index contributed by atoms with van der Waals surface area (Å²) < 4.78 is 8.07. The van der Waals surface area contributed by atoms with Crippen LogP contribution in [0.4, 0.5) is 5.95 Å². The zero-order valence-electron chi connectivity index (χ0n) is 18.1. The summed E-state index contributed by atoms with van der Waals surface area (Å²) in [5.74, 6) is 2.03. The van der Waals surface area contributed by atoms with Crippen molar-refractivity contribution in [1.29, 1.82) is 0 Å². The number of hydrogen-bond donors (Lipinski definition) is 1. The Kier molecular flexibility index (Phi) is 5.81. The summed E-state index contributed by atoms with van der Waals surface area (Å²) >= 11 is 0. The van der Waals surface area contributed by atoms with E-state index in [0.717, 1.165) is 43.1 Å². The highest BCUT2D eigenvalue weighted by atomic mass is 16.5. The monoisotopic (exact) mass is 426 g/mol. The van der Waals surface area contributed by atoms with Crippen LogP contribution in [-0.4, -0.2) is 45.2 Å². The van der Waals surface area contributed by atoms with Crippen LogP contribution in [0, 0.1) is 6.92 Å². The van der Waals surface area contributed by atoms with Gasteiger partial charge in [-0.25, -0.2) is 9.97 Å². The number of imidazole rings is 1. The van der Waals surface area contributed by atoms with E-state index in [9.17, 15) is 0 Å². The number of aryl methyl sites for hydroxylation is 1.